The second-order valence-corrected chi connectivity index (χ2v) is 7.44. The van der Waals surface area contributed by atoms with Crippen LogP contribution in [0.4, 0.5) is 0 Å². The lowest BCUT2D eigenvalue weighted by Gasteiger charge is -2.37. The Morgan fingerprint density at radius 3 is 2.79 bits per heavy atom. The van der Waals surface area contributed by atoms with Crippen molar-refractivity contribution in [2.75, 3.05) is 6.54 Å². The van der Waals surface area contributed by atoms with E-state index in [9.17, 15) is 13.2 Å². The summed E-state index contributed by atoms with van der Waals surface area (Å²) in [6, 6.07) is 9.32. The van der Waals surface area contributed by atoms with Crippen molar-refractivity contribution in [2.24, 2.45) is 5.14 Å². The molecule has 6 nitrogen and oxygen atoms in total. The van der Waals surface area contributed by atoms with Gasteiger partial charge >= 0.3 is 0 Å². The van der Waals surface area contributed by atoms with Crippen LogP contribution in [0.5, 0.6) is 0 Å². The molecule has 2 aromatic rings. The summed E-state index contributed by atoms with van der Waals surface area (Å²) >= 11 is 0. The summed E-state index contributed by atoms with van der Waals surface area (Å²) in [5.41, 5.74) is 2.63. The molecule has 0 spiro atoms. The Hall–Kier alpha value is -2.12. The molecule has 0 aliphatic carbocycles. The number of sulfonamides is 1. The number of fused-ring (bicyclic) bond motifs is 1. The van der Waals surface area contributed by atoms with Gasteiger partial charge in [0, 0.05) is 12.6 Å². The number of carbonyl (C=O) groups excluding carboxylic acids is 1. The summed E-state index contributed by atoms with van der Waals surface area (Å²) in [6.45, 7) is 2.67. The second-order valence-electron chi connectivity index (χ2n) is 5.95. The number of furan rings is 1. The molecule has 0 bridgehead atoms. The fourth-order valence-electron chi connectivity index (χ4n) is 3.22. The molecule has 1 atom stereocenters. The minimum Gasteiger partial charge on any atom is -0.451 e. The summed E-state index contributed by atoms with van der Waals surface area (Å²) in [5.74, 6) is -0.235. The molecule has 0 radical (unpaired) electrons. The molecule has 1 aromatic heterocycles. The zero-order chi connectivity index (χ0) is 17.3. The van der Waals surface area contributed by atoms with Crippen molar-refractivity contribution in [1.29, 1.82) is 0 Å². The van der Waals surface area contributed by atoms with Crippen LogP contribution in [-0.2, 0) is 16.4 Å². The van der Waals surface area contributed by atoms with Gasteiger partial charge in [-0.1, -0.05) is 37.6 Å². The van der Waals surface area contributed by atoms with E-state index in [0.717, 1.165) is 31.1 Å². The maximum absolute atomic E-state index is 12.9. The lowest BCUT2D eigenvalue weighted by molar-refractivity contribution is 0.0649. The van der Waals surface area contributed by atoms with Crippen LogP contribution in [0.25, 0.3) is 0 Å². The number of carbonyl (C=O) groups is 1. The molecule has 2 heterocycles. The van der Waals surface area contributed by atoms with Crippen molar-refractivity contribution in [1.82, 2.24) is 4.90 Å². The third-order valence-corrected chi connectivity index (χ3v) is 5.11. The molecule has 0 fully saturated rings. The van der Waals surface area contributed by atoms with E-state index in [4.69, 9.17) is 9.56 Å². The number of rotatable bonds is 4. The Bertz CT molecular complexity index is 857. The number of amides is 1. The first kappa shape index (κ1) is 16.7. The van der Waals surface area contributed by atoms with Gasteiger partial charge in [-0.2, -0.15) is 0 Å². The van der Waals surface area contributed by atoms with Gasteiger partial charge in [-0.25, -0.2) is 13.6 Å². The lowest BCUT2D eigenvalue weighted by atomic mass is 9.89. The first-order chi connectivity index (χ1) is 11.4. The predicted octanol–water partition coefficient (Wildman–Crippen LogP) is 2.47. The fourth-order valence-corrected chi connectivity index (χ4v) is 3.70. The minimum absolute atomic E-state index is 0.0136. The highest BCUT2D eigenvalue weighted by molar-refractivity contribution is 7.89. The summed E-state index contributed by atoms with van der Waals surface area (Å²) < 4.78 is 27.6. The molecule has 0 saturated heterocycles. The van der Waals surface area contributed by atoms with Crippen LogP contribution in [0.2, 0.25) is 0 Å². The molecule has 1 aromatic carbocycles. The van der Waals surface area contributed by atoms with Gasteiger partial charge in [-0.05, 0) is 24.0 Å². The number of hydrogen-bond donors (Lipinski definition) is 1. The number of hydrogen-bond acceptors (Lipinski definition) is 4. The van der Waals surface area contributed by atoms with E-state index in [1.165, 1.54) is 11.6 Å². The van der Waals surface area contributed by atoms with E-state index < -0.39 is 15.1 Å². The van der Waals surface area contributed by atoms with E-state index in [1.807, 2.05) is 12.1 Å². The molecule has 3 rings (SSSR count). The number of nitrogens with zero attached hydrogens (tertiary/aromatic N) is 1. The maximum atomic E-state index is 12.9. The van der Waals surface area contributed by atoms with Crippen molar-refractivity contribution in [3.63, 3.8) is 0 Å². The van der Waals surface area contributed by atoms with Gasteiger partial charge in [0.15, 0.2) is 0 Å². The van der Waals surface area contributed by atoms with Crippen molar-refractivity contribution in [2.45, 2.75) is 37.3 Å². The zero-order valence-electron chi connectivity index (χ0n) is 13.4. The Kier molecular flexibility index (Phi) is 4.47. The van der Waals surface area contributed by atoms with Crippen LogP contribution in [-0.4, -0.2) is 25.8 Å². The summed E-state index contributed by atoms with van der Waals surface area (Å²) in [7, 11) is -3.96. The van der Waals surface area contributed by atoms with Gasteiger partial charge < -0.3 is 9.32 Å². The zero-order valence-corrected chi connectivity index (χ0v) is 14.3. The van der Waals surface area contributed by atoms with Crippen LogP contribution in [0.1, 0.15) is 47.3 Å². The molecule has 24 heavy (non-hydrogen) atoms. The van der Waals surface area contributed by atoms with E-state index in [0.29, 0.717) is 6.54 Å². The Balaban J connectivity index is 1.93. The molecular formula is C17H20N2O4S. The van der Waals surface area contributed by atoms with Crippen molar-refractivity contribution < 1.29 is 17.6 Å². The molecular weight excluding hydrogens is 328 g/mol. The van der Waals surface area contributed by atoms with Crippen LogP contribution in [0.15, 0.2) is 46.1 Å². The van der Waals surface area contributed by atoms with Crippen LogP contribution in [0.3, 0.4) is 0 Å². The smallest absolute Gasteiger partial charge is 0.271 e. The average molecular weight is 348 g/mol. The van der Waals surface area contributed by atoms with Gasteiger partial charge in [-0.15, -0.1) is 0 Å². The first-order valence-corrected chi connectivity index (χ1v) is 9.46. The molecule has 2 N–H and O–H groups in total. The van der Waals surface area contributed by atoms with E-state index in [-0.39, 0.29) is 17.5 Å². The Morgan fingerprint density at radius 2 is 2.12 bits per heavy atom. The normalized spacial score (nSPS) is 17.6. The van der Waals surface area contributed by atoms with E-state index >= 15 is 0 Å². The van der Waals surface area contributed by atoms with Gasteiger partial charge in [0.1, 0.15) is 6.26 Å². The number of benzene rings is 1. The minimum atomic E-state index is -3.96. The number of primary sulfonamides is 1. The maximum Gasteiger partial charge on any atom is 0.271 e. The summed E-state index contributed by atoms with van der Waals surface area (Å²) in [6.07, 6.45) is 3.73. The quantitative estimate of drug-likeness (QED) is 0.918. The Labute approximate surface area is 141 Å². The van der Waals surface area contributed by atoms with Gasteiger partial charge in [0.2, 0.25) is 5.09 Å². The number of nitrogens with two attached hydrogens (primary N) is 1. The van der Waals surface area contributed by atoms with Gasteiger partial charge in [0.25, 0.3) is 15.9 Å². The molecule has 0 unspecified atom stereocenters. The predicted molar refractivity (Wildman–Crippen MR) is 88.9 cm³/mol. The third-order valence-electron chi connectivity index (χ3n) is 4.34. The SMILES string of the molecule is CCC[C@H]1c2ccccc2CCN1C(=O)c1coc(S(N)(=O)=O)c1. The second kappa shape index (κ2) is 6.41. The molecule has 1 aliphatic heterocycles. The molecule has 0 saturated carbocycles. The summed E-state index contributed by atoms with van der Waals surface area (Å²) in [5, 5.41) is 4.65. The highest BCUT2D eigenvalue weighted by Gasteiger charge is 2.31. The van der Waals surface area contributed by atoms with Crippen LogP contribution < -0.4 is 5.14 Å². The molecule has 7 heteroatoms. The fraction of sp³-hybridized carbons (Fsp3) is 0.353. The summed E-state index contributed by atoms with van der Waals surface area (Å²) in [4.78, 5) is 14.7. The average Bonchev–Trinajstić information content (AvgIpc) is 3.05. The van der Waals surface area contributed by atoms with Crippen LogP contribution >= 0.6 is 0 Å². The first-order valence-electron chi connectivity index (χ1n) is 7.92. The van der Waals surface area contributed by atoms with Gasteiger partial charge in [-0.3, -0.25) is 4.79 Å². The van der Waals surface area contributed by atoms with E-state index in [1.54, 1.807) is 4.90 Å². The van der Waals surface area contributed by atoms with Crippen LogP contribution in [0, 0.1) is 0 Å². The lowest BCUT2D eigenvalue weighted by Crippen LogP contribution is -2.40. The third kappa shape index (κ3) is 3.09. The highest BCUT2D eigenvalue weighted by atomic mass is 32.2. The molecule has 1 aliphatic rings. The topological polar surface area (TPSA) is 93.6 Å². The van der Waals surface area contributed by atoms with Crippen molar-refractivity contribution >= 4 is 15.9 Å². The largest absolute Gasteiger partial charge is 0.451 e. The molecule has 128 valence electrons. The van der Waals surface area contributed by atoms with E-state index in [2.05, 4.69) is 19.1 Å². The molecule has 1 amide bonds. The monoisotopic (exact) mass is 348 g/mol. The van der Waals surface area contributed by atoms with Crippen molar-refractivity contribution in [3.05, 3.63) is 53.3 Å². The Morgan fingerprint density at radius 1 is 1.38 bits per heavy atom. The van der Waals surface area contributed by atoms with Gasteiger partial charge in [0.05, 0.1) is 11.6 Å². The highest BCUT2D eigenvalue weighted by Crippen LogP contribution is 2.34. The standard InChI is InChI=1S/C17H20N2O4S/c1-2-5-15-14-7-4-3-6-12(14)8-9-19(15)17(20)13-10-16(23-11-13)24(18,21)22/h3-4,6-7,10-11,15H,2,5,8-9H2,1H3,(H2,18,21,22)/t15-/m0/s1. The van der Waals surface area contributed by atoms with Crippen molar-refractivity contribution in [3.8, 4) is 0 Å².